The van der Waals surface area contributed by atoms with Gasteiger partial charge >= 0.3 is 0 Å². The third-order valence-electron chi connectivity index (χ3n) is 3.55. The first-order valence-electron chi connectivity index (χ1n) is 9.02. The van der Waals surface area contributed by atoms with Crippen molar-refractivity contribution in [1.82, 2.24) is 10.6 Å². The highest BCUT2D eigenvalue weighted by Crippen LogP contribution is 2.20. The minimum absolute atomic E-state index is 0.538. The zero-order valence-electron chi connectivity index (χ0n) is 16.5. The van der Waals surface area contributed by atoms with E-state index in [1.807, 2.05) is 13.0 Å². The molecule has 0 atom stereocenters. The molecule has 26 heavy (non-hydrogen) atoms. The number of aryl methyl sites for hydroxylation is 1. The van der Waals surface area contributed by atoms with Gasteiger partial charge in [0.1, 0.15) is 12.4 Å². The zero-order valence-corrected chi connectivity index (χ0v) is 16.5. The Bertz CT molecular complexity index is 524. The molecule has 148 valence electrons. The first-order valence-corrected chi connectivity index (χ1v) is 9.02. The van der Waals surface area contributed by atoms with Gasteiger partial charge < -0.3 is 29.6 Å². The molecule has 0 amide bonds. The van der Waals surface area contributed by atoms with Crippen molar-refractivity contribution in [2.75, 3.05) is 60.3 Å². The number of rotatable bonds is 13. The molecular weight excluding hydrogens is 334 g/mol. The molecule has 7 nitrogen and oxygen atoms in total. The van der Waals surface area contributed by atoms with Gasteiger partial charge in [0.25, 0.3) is 0 Å². The molecule has 7 heteroatoms. The Morgan fingerprint density at radius 2 is 1.85 bits per heavy atom. The summed E-state index contributed by atoms with van der Waals surface area (Å²) in [5.74, 6) is 1.59. The van der Waals surface area contributed by atoms with E-state index < -0.39 is 0 Å². The second-order valence-corrected chi connectivity index (χ2v) is 5.61. The molecule has 0 heterocycles. The van der Waals surface area contributed by atoms with Gasteiger partial charge in [0, 0.05) is 39.4 Å². The third-order valence-corrected chi connectivity index (χ3v) is 3.55. The van der Waals surface area contributed by atoms with Crippen molar-refractivity contribution >= 4 is 5.96 Å². The van der Waals surface area contributed by atoms with Crippen LogP contribution in [-0.4, -0.2) is 66.3 Å². The van der Waals surface area contributed by atoms with Crippen LogP contribution in [-0.2, 0) is 20.8 Å². The molecule has 0 fully saturated rings. The SMILES string of the molecule is CCOCCOc1cc(C)ccc1CNC(=NC)NCCOCCOC. The average Bonchev–Trinajstić information content (AvgIpc) is 2.65. The molecule has 0 bridgehead atoms. The standard InChI is InChI=1S/C19H33N3O4/c1-5-24-12-13-26-18-14-16(2)6-7-17(18)15-22-19(20-3)21-8-9-25-11-10-23-4/h6-7,14H,5,8-13,15H2,1-4H3,(H2,20,21,22). The van der Waals surface area contributed by atoms with Gasteiger partial charge in [-0.1, -0.05) is 12.1 Å². The van der Waals surface area contributed by atoms with Crippen molar-refractivity contribution in [2.24, 2.45) is 4.99 Å². The molecule has 0 unspecified atom stereocenters. The van der Waals surface area contributed by atoms with Crippen LogP contribution in [0.15, 0.2) is 23.2 Å². The maximum atomic E-state index is 5.86. The van der Waals surface area contributed by atoms with Crippen LogP contribution in [0.3, 0.4) is 0 Å². The number of benzene rings is 1. The molecule has 0 aromatic heterocycles. The molecule has 0 spiro atoms. The first kappa shape index (κ1) is 22.2. The Labute approximate surface area is 157 Å². The number of guanidine groups is 1. The highest BCUT2D eigenvalue weighted by molar-refractivity contribution is 5.79. The van der Waals surface area contributed by atoms with E-state index >= 15 is 0 Å². The Morgan fingerprint density at radius 1 is 1.04 bits per heavy atom. The summed E-state index contributed by atoms with van der Waals surface area (Å²) in [6.45, 7) is 8.94. The third kappa shape index (κ3) is 9.60. The fourth-order valence-corrected chi connectivity index (χ4v) is 2.18. The number of aliphatic imine (C=N–C) groups is 1. The van der Waals surface area contributed by atoms with Gasteiger partial charge in [-0.3, -0.25) is 4.99 Å². The van der Waals surface area contributed by atoms with Gasteiger partial charge in [-0.2, -0.15) is 0 Å². The zero-order chi connectivity index (χ0) is 19.0. The van der Waals surface area contributed by atoms with Gasteiger partial charge in [0.15, 0.2) is 5.96 Å². The summed E-state index contributed by atoms with van der Waals surface area (Å²) in [4.78, 5) is 4.22. The maximum Gasteiger partial charge on any atom is 0.191 e. The lowest BCUT2D eigenvalue weighted by Gasteiger charge is -2.15. The van der Waals surface area contributed by atoms with Gasteiger partial charge in [-0.05, 0) is 25.5 Å². The largest absolute Gasteiger partial charge is 0.491 e. The van der Waals surface area contributed by atoms with Crippen molar-refractivity contribution in [3.63, 3.8) is 0 Å². The fraction of sp³-hybridized carbons (Fsp3) is 0.632. The molecule has 1 aromatic carbocycles. The monoisotopic (exact) mass is 367 g/mol. The van der Waals surface area contributed by atoms with Crippen LogP contribution < -0.4 is 15.4 Å². The number of hydrogen-bond donors (Lipinski definition) is 2. The topological polar surface area (TPSA) is 73.3 Å². The van der Waals surface area contributed by atoms with Crippen molar-refractivity contribution in [1.29, 1.82) is 0 Å². The second kappa shape index (κ2) is 14.4. The summed E-state index contributed by atoms with van der Waals surface area (Å²) in [6.07, 6.45) is 0. The van der Waals surface area contributed by atoms with E-state index in [-0.39, 0.29) is 0 Å². The van der Waals surface area contributed by atoms with Crippen LogP contribution in [0, 0.1) is 6.92 Å². The van der Waals surface area contributed by atoms with E-state index in [4.69, 9.17) is 18.9 Å². The van der Waals surface area contributed by atoms with Crippen LogP contribution in [0.5, 0.6) is 5.75 Å². The van der Waals surface area contributed by atoms with E-state index in [1.54, 1.807) is 14.2 Å². The Kier molecular flexibility index (Phi) is 12.3. The average molecular weight is 367 g/mol. The number of ether oxygens (including phenoxy) is 4. The highest BCUT2D eigenvalue weighted by atomic mass is 16.5. The summed E-state index contributed by atoms with van der Waals surface area (Å²) in [7, 11) is 3.41. The van der Waals surface area contributed by atoms with Crippen LogP contribution in [0.2, 0.25) is 0 Å². The molecule has 0 aliphatic carbocycles. The first-order chi connectivity index (χ1) is 12.7. The second-order valence-electron chi connectivity index (χ2n) is 5.61. The summed E-state index contributed by atoms with van der Waals surface area (Å²) in [5, 5.41) is 6.52. The van der Waals surface area contributed by atoms with E-state index in [9.17, 15) is 0 Å². The van der Waals surface area contributed by atoms with Crippen LogP contribution >= 0.6 is 0 Å². The fourth-order valence-electron chi connectivity index (χ4n) is 2.18. The van der Waals surface area contributed by atoms with Crippen molar-refractivity contribution in [2.45, 2.75) is 20.4 Å². The van der Waals surface area contributed by atoms with E-state index in [0.717, 1.165) is 22.8 Å². The predicted octanol–water partition coefficient (Wildman–Crippen LogP) is 1.74. The molecular formula is C19H33N3O4. The number of hydrogen-bond acceptors (Lipinski definition) is 5. The van der Waals surface area contributed by atoms with Crippen LogP contribution in [0.25, 0.3) is 0 Å². The van der Waals surface area contributed by atoms with E-state index in [1.165, 1.54) is 0 Å². The molecule has 0 aliphatic heterocycles. The number of methoxy groups -OCH3 is 1. The van der Waals surface area contributed by atoms with Crippen molar-refractivity contribution in [3.05, 3.63) is 29.3 Å². The minimum atomic E-state index is 0.538. The highest BCUT2D eigenvalue weighted by Gasteiger charge is 2.06. The van der Waals surface area contributed by atoms with E-state index in [0.29, 0.717) is 52.7 Å². The molecule has 0 saturated heterocycles. The van der Waals surface area contributed by atoms with Crippen LogP contribution in [0.4, 0.5) is 0 Å². The molecule has 1 aromatic rings. The quantitative estimate of drug-likeness (QED) is 0.314. The number of nitrogens with one attached hydrogen (secondary N) is 2. The lowest BCUT2D eigenvalue weighted by Crippen LogP contribution is -2.38. The van der Waals surface area contributed by atoms with Crippen molar-refractivity contribution < 1.29 is 18.9 Å². The lowest BCUT2D eigenvalue weighted by atomic mass is 10.1. The molecule has 0 aliphatic rings. The maximum absolute atomic E-state index is 5.86. The smallest absolute Gasteiger partial charge is 0.191 e. The van der Waals surface area contributed by atoms with Gasteiger partial charge in [-0.25, -0.2) is 0 Å². The van der Waals surface area contributed by atoms with Crippen LogP contribution in [0.1, 0.15) is 18.1 Å². The van der Waals surface area contributed by atoms with E-state index in [2.05, 4.69) is 34.7 Å². The number of nitrogens with zero attached hydrogens (tertiary/aromatic N) is 1. The minimum Gasteiger partial charge on any atom is -0.491 e. The molecule has 0 radical (unpaired) electrons. The Morgan fingerprint density at radius 3 is 2.58 bits per heavy atom. The van der Waals surface area contributed by atoms with Gasteiger partial charge in [-0.15, -0.1) is 0 Å². The summed E-state index contributed by atoms with van der Waals surface area (Å²) in [6, 6.07) is 6.19. The molecule has 2 N–H and O–H groups in total. The molecule has 1 rings (SSSR count). The summed E-state index contributed by atoms with van der Waals surface area (Å²) >= 11 is 0. The summed E-state index contributed by atoms with van der Waals surface area (Å²) < 4.78 is 21.6. The van der Waals surface area contributed by atoms with Gasteiger partial charge in [0.2, 0.25) is 0 Å². The predicted molar refractivity (Wildman–Crippen MR) is 104 cm³/mol. The summed E-state index contributed by atoms with van der Waals surface area (Å²) in [5.41, 5.74) is 2.24. The normalized spacial score (nSPS) is 11.5. The Balaban J connectivity index is 2.43. The Hall–Kier alpha value is -1.83. The lowest BCUT2D eigenvalue weighted by molar-refractivity contribution is 0.0733. The molecule has 0 saturated carbocycles. The van der Waals surface area contributed by atoms with Crippen molar-refractivity contribution in [3.8, 4) is 5.75 Å². The van der Waals surface area contributed by atoms with Gasteiger partial charge in [0.05, 0.1) is 26.4 Å².